The largest absolute Gasteiger partial charge is 0.396 e. The lowest BCUT2D eigenvalue weighted by Gasteiger charge is -2.16. The Bertz CT molecular complexity index is 148. The Hall–Kier alpha value is -0.340. The second kappa shape index (κ2) is 12.7. The van der Waals surface area contributed by atoms with Crippen molar-refractivity contribution >= 4 is 0 Å². The van der Waals surface area contributed by atoms with Crippen LogP contribution in [0.2, 0.25) is 0 Å². The van der Waals surface area contributed by atoms with E-state index in [1.54, 1.807) is 0 Å². The van der Waals surface area contributed by atoms with E-state index in [0.29, 0.717) is 12.6 Å². The summed E-state index contributed by atoms with van der Waals surface area (Å²) in [6.45, 7) is 7.48. The topological polar surface area (TPSA) is 32.3 Å². The maximum Gasteiger partial charge on any atom is 0.0431 e. The molecule has 0 aromatic carbocycles. The number of aliphatic hydroxyl groups is 1. The van der Waals surface area contributed by atoms with Crippen LogP contribution in [-0.4, -0.2) is 24.3 Å². The Morgan fingerprint density at radius 1 is 1.19 bits per heavy atom. The maximum atomic E-state index is 8.74. The summed E-state index contributed by atoms with van der Waals surface area (Å²) >= 11 is 0. The molecule has 0 aliphatic heterocycles. The average molecular weight is 227 g/mol. The van der Waals surface area contributed by atoms with Crippen LogP contribution in [0.3, 0.4) is 0 Å². The molecule has 2 nitrogen and oxygen atoms in total. The predicted molar refractivity (Wildman–Crippen MR) is 71.7 cm³/mol. The fraction of sp³-hybridized carbons (Fsp3) is 0.857. The molecular weight excluding hydrogens is 198 g/mol. The van der Waals surface area contributed by atoms with E-state index in [9.17, 15) is 0 Å². The molecule has 0 saturated carbocycles. The van der Waals surface area contributed by atoms with Crippen molar-refractivity contribution in [2.45, 2.75) is 64.3 Å². The molecule has 16 heavy (non-hydrogen) atoms. The molecule has 0 saturated heterocycles. The zero-order chi connectivity index (χ0) is 12.1. The molecule has 0 fully saturated rings. The van der Waals surface area contributed by atoms with E-state index < -0.39 is 0 Å². The Morgan fingerprint density at radius 3 is 2.62 bits per heavy atom. The van der Waals surface area contributed by atoms with Gasteiger partial charge in [-0.1, -0.05) is 32.3 Å². The SMILES string of the molecule is C=CCC(CCCCO)NCCCCCC. The van der Waals surface area contributed by atoms with Gasteiger partial charge in [-0.2, -0.15) is 0 Å². The lowest BCUT2D eigenvalue weighted by atomic mass is 10.1. The van der Waals surface area contributed by atoms with Crippen molar-refractivity contribution in [3.8, 4) is 0 Å². The Balaban J connectivity index is 3.47. The normalized spacial score (nSPS) is 12.6. The molecule has 0 radical (unpaired) electrons. The van der Waals surface area contributed by atoms with Crippen molar-refractivity contribution in [2.24, 2.45) is 0 Å². The predicted octanol–water partition coefficient (Wildman–Crippen LogP) is 3.26. The highest BCUT2D eigenvalue weighted by Crippen LogP contribution is 2.06. The number of hydrogen-bond donors (Lipinski definition) is 2. The van der Waals surface area contributed by atoms with Crippen molar-refractivity contribution < 1.29 is 5.11 Å². The highest BCUT2D eigenvalue weighted by Gasteiger charge is 2.04. The van der Waals surface area contributed by atoms with E-state index >= 15 is 0 Å². The zero-order valence-corrected chi connectivity index (χ0v) is 10.9. The lowest BCUT2D eigenvalue weighted by Crippen LogP contribution is -2.29. The van der Waals surface area contributed by atoms with E-state index in [-0.39, 0.29) is 0 Å². The Labute approximate surface area is 101 Å². The molecular formula is C14H29NO. The third-order valence-corrected chi connectivity index (χ3v) is 2.88. The van der Waals surface area contributed by atoms with E-state index in [1.807, 2.05) is 6.08 Å². The highest BCUT2D eigenvalue weighted by atomic mass is 16.2. The summed E-state index contributed by atoms with van der Waals surface area (Å²) in [5, 5.41) is 12.3. The van der Waals surface area contributed by atoms with Gasteiger partial charge in [0.25, 0.3) is 0 Å². The number of unbranched alkanes of at least 4 members (excludes halogenated alkanes) is 4. The second-order valence-electron chi connectivity index (χ2n) is 4.46. The number of aliphatic hydroxyl groups excluding tert-OH is 1. The molecule has 0 aromatic rings. The van der Waals surface area contributed by atoms with Crippen LogP contribution in [0.15, 0.2) is 12.7 Å². The van der Waals surface area contributed by atoms with Gasteiger partial charge < -0.3 is 10.4 Å². The molecule has 0 heterocycles. The van der Waals surface area contributed by atoms with Crippen LogP contribution < -0.4 is 5.32 Å². The molecule has 1 unspecified atom stereocenters. The van der Waals surface area contributed by atoms with Gasteiger partial charge in [-0.3, -0.25) is 0 Å². The molecule has 0 bridgehead atoms. The van der Waals surface area contributed by atoms with Crippen molar-refractivity contribution in [1.29, 1.82) is 0 Å². The summed E-state index contributed by atoms with van der Waals surface area (Å²) in [7, 11) is 0. The van der Waals surface area contributed by atoms with Crippen molar-refractivity contribution in [3.63, 3.8) is 0 Å². The smallest absolute Gasteiger partial charge is 0.0431 e. The number of rotatable bonds is 12. The quantitative estimate of drug-likeness (QED) is 0.396. The van der Waals surface area contributed by atoms with Crippen LogP contribution in [0.1, 0.15) is 58.3 Å². The van der Waals surface area contributed by atoms with Crippen molar-refractivity contribution in [3.05, 3.63) is 12.7 Å². The average Bonchev–Trinajstić information content (AvgIpc) is 2.29. The molecule has 0 spiro atoms. The summed E-state index contributed by atoms with van der Waals surface area (Å²) in [4.78, 5) is 0. The second-order valence-corrected chi connectivity index (χ2v) is 4.46. The van der Waals surface area contributed by atoms with Gasteiger partial charge in [0, 0.05) is 12.6 Å². The third-order valence-electron chi connectivity index (χ3n) is 2.88. The molecule has 0 aliphatic rings. The third kappa shape index (κ3) is 10.2. The van der Waals surface area contributed by atoms with Crippen LogP contribution in [0, 0.1) is 0 Å². The summed E-state index contributed by atoms with van der Waals surface area (Å²) < 4.78 is 0. The van der Waals surface area contributed by atoms with Gasteiger partial charge in [0.15, 0.2) is 0 Å². The molecule has 0 aromatic heterocycles. The first-order chi connectivity index (χ1) is 7.85. The highest BCUT2D eigenvalue weighted by molar-refractivity contribution is 4.77. The minimum absolute atomic E-state index is 0.317. The van der Waals surface area contributed by atoms with Gasteiger partial charge in [0.05, 0.1) is 0 Å². The van der Waals surface area contributed by atoms with Crippen LogP contribution in [-0.2, 0) is 0 Å². The van der Waals surface area contributed by atoms with Crippen molar-refractivity contribution in [1.82, 2.24) is 5.32 Å². The van der Waals surface area contributed by atoms with Gasteiger partial charge in [-0.15, -0.1) is 6.58 Å². The van der Waals surface area contributed by atoms with Crippen LogP contribution in [0.5, 0.6) is 0 Å². The summed E-state index contributed by atoms with van der Waals surface area (Å²) in [5.74, 6) is 0. The maximum absolute atomic E-state index is 8.74. The minimum atomic E-state index is 0.317. The fourth-order valence-corrected chi connectivity index (χ4v) is 1.86. The van der Waals surface area contributed by atoms with Crippen LogP contribution >= 0.6 is 0 Å². The molecule has 1 atom stereocenters. The summed E-state index contributed by atoms with van der Waals surface area (Å²) in [6.07, 6.45) is 11.5. The van der Waals surface area contributed by atoms with Gasteiger partial charge in [0.1, 0.15) is 0 Å². The minimum Gasteiger partial charge on any atom is -0.396 e. The molecule has 0 amide bonds. The van der Waals surface area contributed by atoms with E-state index in [4.69, 9.17) is 5.11 Å². The van der Waals surface area contributed by atoms with Gasteiger partial charge in [0.2, 0.25) is 0 Å². The molecule has 96 valence electrons. The Kier molecular flexibility index (Phi) is 12.5. The number of hydrogen-bond acceptors (Lipinski definition) is 2. The van der Waals surface area contributed by atoms with E-state index in [0.717, 1.165) is 32.2 Å². The van der Waals surface area contributed by atoms with Gasteiger partial charge >= 0.3 is 0 Å². The van der Waals surface area contributed by atoms with Crippen LogP contribution in [0.4, 0.5) is 0 Å². The van der Waals surface area contributed by atoms with Gasteiger partial charge in [-0.25, -0.2) is 0 Å². The first-order valence-electron chi connectivity index (χ1n) is 6.80. The molecule has 2 N–H and O–H groups in total. The van der Waals surface area contributed by atoms with Crippen LogP contribution in [0.25, 0.3) is 0 Å². The van der Waals surface area contributed by atoms with E-state index in [1.165, 1.54) is 25.7 Å². The standard InChI is InChI=1S/C14H29NO/c1-3-5-6-8-12-15-14(10-4-2)11-7-9-13-16/h4,14-16H,2-3,5-13H2,1H3. The number of nitrogens with one attached hydrogen (secondary N) is 1. The monoisotopic (exact) mass is 227 g/mol. The Morgan fingerprint density at radius 2 is 2.00 bits per heavy atom. The summed E-state index contributed by atoms with van der Waals surface area (Å²) in [6, 6.07) is 0.561. The van der Waals surface area contributed by atoms with E-state index in [2.05, 4.69) is 18.8 Å². The first-order valence-corrected chi connectivity index (χ1v) is 6.80. The van der Waals surface area contributed by atoms with Gasteiger partial charge in [-0.05, 0) is 38.6 Å². The summed E-state index contributed by atoms with van der Waals surface area (Å²) in [5.41, 5.74) is 0. The van der Waals surface area contributed by atoms with Crippen molar-refractivity contribution in [2.75, 3.05) is 13.2 Å². The fourth-order valence-electron chi connectivity index (χ4n) is 1.86. The molecule has 0 rings (SSSR count). The lowest BCUT2D eigenvalue weighted by molar-refractivity contribution is 0.279. The first kappa shape index (κ1) is 15.7. The molecule has 2 heteroatoms. The zero-order valence-electron chi connectivity index (χ0n) is 10.9. The molecule has 0 aliphatic carbocycles.